The Balaban J connectivity index is 1.62. The van der Waals surface area contributed by atoms with Crippen molar-refractivity contribution in [1.82, 2.24) is 4.90 Å². The molecule has 0 saturated carbocycles. The standard InChI is InChI=1S/C19H20N2O3S/c22-15-2-4-18-17(12-15)16-3-1-14(11-19(16)25(18,23)24)21-10-9-20-7-5-13(21)6-8-20/h1-4,11-13,22H,5-10H2. The van der Waals surface area contributed by atoms with Crippen molar-refractivity contribution in [3.8, 4) is 16.9 Å². The number of benzene rings is 2. The molecule has 130 valence electrons. The molecule has 0 atom stereocenters. The lowest BCUT2D eigenvalue weighted by Crippen LogP contribution is -2.37. The van der Waals surface area contributed by atoms with Crippen LogP contribution < -0.4 is 4.90 Å². The molecule has 4 aliphatic rings. The average molecular weight is 356 g/mol. The summed E-state index contributed by atoms with van der Waals surface area (Å²) in [5.41, 5.74) is 2.29. The number of fused-ring (bicyclic) bond motifs is 7. The zero-order chi connectivity index (χ0) is 17.2. The molecular weight excluding hydrogens is 336 g/mol. The molecule has 1 N–H and O–H groups in total. The molecule has 0 unspecified atom stereocenters. The van der Waals surface area contributed by atoms with E-state index >= 15 is 0 Å². The second-order valence-corrected chi connectivity index (χ2v) is 9.02. The minimum absolute atomic E-state index is 0.0874. The molecule has 2 bridgehead atoms. The molecule has 3 fully saturated rings. The van der Waals surface area contributed by atoms with E-state index in [1.165, 1.54) is 12.1 Å². The van der Waals surface area contributed by atoms with E-state index < -0.39 is 9.84 Å². The van der Waals surface area contributed by atoms with Crippen molar-refractivity contribution in [2.45, 2.75) is 28.7 Å². The van der Waals surface area contributed by atoms with Crippen LogP contribution in [0.3, 0.4) is 0 Å². The lowest BCUT2D eigenvalue weighted by atomic mass is 10.0. The van der Waals surface area contributed by atoms with Crippen LogP contribution >= 0.6 is 0 Å². The maximum Gasteiger partial charge on any atom is 0.207 e. The summed E-state index contributed by atoms with van der Waals surface area (Å²) in [6.45, 7) is 4.25. The monoisotopic (exact) mass is 356 g/mol. The Kier molecular flexibility index (Phi) is 3.18. The van der Waals surface area contributed by atoms with Crippen LogP contribution in [0.15, 0.2) is 46.2 Å². The molecule has 25 heavy (non-hydrogen) atoms. The Hall–Kier alpha value is -2.05. The summed E-state index contributed by atoms with van der Waals surface area (Å²) in [4.78, 5) is 5.52. The largest absolute Gasteiger partial charge is 0.508 e. The molecule has 0 spiro atoms. The smallest absolute Gasteiger partial charge is 0.207 e. The lowest BCUT2D eigenvalue weighted by Gasteiger charge is -2.33. The van der Waals surface area contributed by atoms with Crippen molar-refractivity contribution in [2.75, 3.05) is 31.1 Å². The number of phenols is 1. The highest BCUT2D eigenvalue weighted by Gasteiger charge is 2.35. The Morgan fingerprint density at radius 3 is 2.48 bits per heavy atom. The molecule has 4 aliphatic heterocycles. The number of anilines is 1. The maximum absolute atomic E-state index is 12.9. The Labute approximate surface area is 147 Å². The second kappa shape index (κ2) is 5.22. The van der Waals surface area contributed by atoms with Crippen LogP contribution in [0, 0.1) is 0 Å². The van der Waals surface area contributed by atoms with E-state index in [1.807, 2.05) is 18.2 Å². The van der Waals surface area contributed by atoms with Crippen molar-refractivity contribution in [3.05, 3.63) is 36.4 Å². The first-order valence-corrected chi connectivity index (χ1v) is 10.2. The van der Waals surface area contributed by atoms with Gasteiger partial charge in [-0.1, -0.05) is 6.07 Å². The molecule has 3 saturated heterocycles. The Bertz CT molecular complexity index is 963. The van der Waals surface area contributed by atoms with Gasteiger partial charge in [0.05, 0.1) is 9.79 Å². The third-order valence-corrected chi connectivity index (χ3v) is 7.64. The zero-order valence-corrected chi connectivity index (χ0v) is 14.7. The Morgan fingerprint density at radius 2 is 1.68 bits per heavy atom. The summed E-state index contributed by atoms with van der Waals surface area (Å²) in [7, 11) is -3.51. The van der Waals surface area contributed by atoms with Gasteiger partial charge in [0.1, 0.15) is 5.75 Å². The highest BCUT2D eigenvalue weighted by atomic mass is 32.2. The second-order valence-electron chi connectivity index (χ2n) is 7.13. The van der Waals surface area contributed by atoms with Gasteiger partial charge in [0, 0.05) is 49.0 Å². The first kappa shape index (κ1) is 15.2. The highest BCUT2D eigenvalue weighted by Crippen LogP contribution is 2.46. The predicted octanol–water partition coefficient (Wildman–Crippen LogP) is 2.49. The molecule has 0 aromatic heterocycles. The van der Waals surface area contributed by atoms with Gasteiger partial charge >= 0.3 is 0 Å². The first-order valence-electron chi connectivity index (χ1n) is 8.75. The van der Waals surface area contributed by atoms with Gasteiger partial charge in [-0.25, -0.2) is 8.42 Å². The van der Waals surface area contributed by atoms with Gasteiger partial charge in [0.2, 0.25) is 9.84 Å². The van der Waals surface area contributed by atoms with Gasteiger partial charge in [0.15, 0.2) is 0 Å². The summed E-state index contributed by atoms with van der Waals surface area (Å²) in [5.74, 6) is 0.0874. The minimum Gasteiger partial charge on any atom is -0.508 e. The number of sulfone groups is 1. The predicted molar refractivity (Wildman–Crippen MR) is 95.8 cm³/mol. The SMILES string of the molecule is O=S1(=O)c2ccc(O)cc2-c2ccc(N3CCN4CCC3CC4)cc21. The normalized spacial score (nSPS) is 26.2. The maximum atomic E-state index is 12.9. The molecule has 0 aliphatic carbocycles. The number of hydrogen-bond donors (Lipinski definition) is 1. The van der Waals surface area contributed by atoms with Crippen LogP contribution in [0.25, 0.3) is 11.1 Å². The quantitative estimate of drug-likeness (QED) is 0.726. The van der Waals surface area contributed by atoms with E-state index in [0.717, 1.165) is 44.7 Å². The molecule has 5 nitrogen and oxygen atoms in total. The zero-order valence-electron chi connectivity index (χ0n) is 13.9. The fourth-order valence-corrected chi connectivity index (χ4v) is 6.13. The third kappa shape index (κ3) is 2.20. The molecule has 2 aromatic rings. The summed E-state index contributed by atoms with van der Waals surface area (Å²) in [6.07, 6.45) is 2.27. The number of rotatable bonds is 1. The van der Waals surface area contributed by atoms with E-state index in [2.05, 4.69) is 9.80 Å². The third-order valence-electron chi connectivity index (χ3n) is 5.78. The van der Waals surface area contributed by atoms with Gasteiger partial charge in [-0.2, -0.15) is 0 Å². The van der Waals surface area contributed by atoms with Crippen LogP contribution in [0.5, 0.6) is 5.75 Å². The van der Waals surface area contributed by atoms with Gasteiger partial charge in [-0.3, -0.25) is 0 Å². The van der Waals surface area contributed by atoms with Crippen LogP contribution in [-0.4, -0.2) is 50.6 Å². The Morgan fingerprint density at radius 1 is 0.880 bits per heavy atom. The summed E-state index contributed by atoms with van der Waals surface area (Å²) < 4.78 is 25.9. The van der Waals surface area contributed by atoms with Crippen LogP contribution in [0.2, 0.25) is 0 Å². The molecule has 0 amide bonds. The van der Waals surface area contributed by atoms with Crippen molar-refractivity contribution < 1.29 is 13.5 Å². The molecule has 6 rings (SSSR count). The topological polar surface area (TPSA) is 60.9 Å². The fourth-order valence-electron chi connectivity index (χ4n) is 4.44. The average Bonchev–Trinajstić information content (AvgIpc) is 2.83. The van der Waals surface area contributed by atoms with Gasteiger partial charge in [-0.05, 0) is 43.2 Å². The minimum atomic E-state index is -3.51. The first-order chi connectivity index (χ1) is 12.0. The number of nitrogens with zero attached hydrogens (tertiary/aromatic N) is 2. The molecular formula is C19H20N2O3S. The molecule has 6 heteroatoms. The molecule has 0 radical (unpaired) electrons. The van der Waals surface area contributed by atoms with Crippen LogP contribution in [0.4, 0.5) is 5.69 Å². The lowest BCUT2D eigenvalue weighted by molar-refractivity contribution is 0.250. The number of piperidine rings is 1. The van der Waals surface area contributed by atoms with Crippen molar-refractivity contribution in [2.24, 2.45) is 0 Å². The summed E-state index contributed by atoms with van der Waals surface area (Å²) in [6, 6.07) is 10.7. The van der Waals surface area contributed by atoms with Gasteiger partial charge < -0.3 is 14.9 Å². The van der Waals surface area contributed by atoms with Gasteiger partial charge in [-0.15, -0.1) is 0 Å². The van der Waals surface area contributed by atoms with Crippen molar-refractivity contribution in [1.29, 1.82) is 0 Å². The van der Waals surface area contributed by atoms with Crippen molar-refractivity contribution in [3.63, 3.8) is 0 Å². The van der Waals surface area contributed by atoms with E-state index in [0.29, 0.717) is 27.0 Å². The van der Waals surface area contributed by atoms with Crippen LogP contribution in [0.1, 0.15) is 12.8 Å². The number of phenolic OH excluding ortho intramolecular Hbond substituents is 1. The summed E-state index contributed by atoms with van der Waals surface area (Å²) in [5, 5.41) is 9.75. The van der Waals surface area contributed by atoms with Crippen molar-refractivity contribution >= 4 is 15.5 Å². The fraction of sp³-hybridized carbons (Fsp3) is 0.368. The van der Waals surface area contributed by atoms with E-state index in [1.54, 1.807) is 6.07 Å². The number of hydrogen-bond acceptors (Lipinski definition) is 5. The van der Waals surface area contributed by atoms with E-state index in [9.17, 15) is 13.5 Å². The highest BCUT2D eigenvalue weighted by molar-refractivity contribution is 7.92. The molecule has 4 heterocycles. The van der Waals surface area contributed by atoms with E-state index in [-0.39, 0.29) is 5.75 Å². The summed E-state index contributed by atoms with van der Waals surface area (Å²) >= 11 is 0. The molecule has 2 aromatic carbocycles. The number of aromatic hydroxyl groups is 1. The van der Waals surface area contributed by atoms with Crippen LogP contribution in [-0.2, 0) is 9.84 Å². The van der Waals surface area contributed by atoms with Gasteiger partial charge in [0.25, 0.3) is 0 Å². The van der Waals surface area contributed by atoms with E-state index in [4.69, 9.17) is 0 Å².